The van der Waals surface area contributed by atoms with Gasteiger partial charge in [0.2, 0.25) is 5.91 Å². The van der Waals surface area contributed by atoms with Gasteiger partial charge in [-0.1, -0.05) is 42.4 Å². The Morgan fingerprint density at radius 1 is 1.30 bits per heavy atom. The Labute approximate surface area is 116 Å². The lowest BCUT2D eigenvalue weighted by Gasteiger charge is -2.06. The van der Waals surface area contributed by atoms with E-state index in [2.05, 4.69) is 5.16 Å². The third-order valence-electron chi connectivity index (χ3n) is 2.69. The number of sulfonamides is 1. The van der Waals surface area contributed by atoms with Gasteiger partial charge in [0.05, 0.1) is 0 Å². The lowest BCUT2D eigenvalue weighted by Crippen LogP contribution is -2.30. The second kappa shape index (κ2) is 5.46. The van der Waals surface area contributed by atoms with Crippen LogP contribution in [0.4, 0.5) is 0 Å². The average molecular weight is 294 g/mol. The van der Waals surface area contributed by atoms with Crippen LogP contribution < -0.4 is 4.72 Å². The van der Waals surface area contributed by atoms with Crippen LogP contribution in [0, 0.1) is 6.92 Å². The lowest BCUT2D eigenvalue weighted by molar-refractivity contribution is -0.119. The van der Waals surface area contributed by atoms with Crippen molar-refractivity contribution < 1.29 is 17.7 Å². The highest BCUT2D eigenvalue weighted by Gasteiger charge is 2.28. The van der Waals surface area contributed by atoms with Crippen molar-refractivity contribution in [3.63, 3.8) is 0 Å². The lowest BCUT2D eigenvalue weighted by atomic mass is 10.1. The summed E-state index contributed by atoms with van der Waals surface area (Å²) in [6.45, 7) is 3.06. The zero-order valence-electron chi connectivity index (χ0n) is 11.1. The molecule has 0 aliphatic carbocycles. The van der Waals surface area contributed by atoms with Gasteiger partial charge in [-0.05, 0) is 6.92 Å². The molecule has 0 unspecified atom stereocenters. The van der Waals surface area contributed by atoms with Crippen LogP contribution in [0.1, 0.15) is 19.1 Å². The molecule has 0 atom stereocenters. The van der Waals surface area contributed by atoms with E-state index < -0.39 is 15.9 Å². The van der Waals surface area contributed by atoms with E-state index in [0.717, 1.165) is 0 Å². The number of nitrogens with one attached hydrogen (secondary N) is 1. The molecule has 6 nitrogen and oxygen atoms in total. The fraction of sp³-hybridized carbons (Fsp3) is 0.231. The van der Waals surface area contributed by atoms with Gasteiger partial charge in [-0.15, -0.1) is 0 Å². The number of benzene rings is 1. The van der Waals surface area contributed by atoms with Crippen molar-refractivity contribution in [3.8, 4) is 11.3 Å². The van der Waals surface area contributed by atoms with Gasteiger partial charge in [-0.25, -0.2) is 13.1 Å². The number of rotatable bonds is 4. The number of carbonyl (C=O) groups excluding carboxylic acids is 1. The van der Waals surface area contributed by atoms with Gasteiger partial charge in [0.15, 0.2) is 10.7 Å². The number of aryl methyl sites for hydroxylation is 1. The van der Waals surface area contributed by atoms with Crippen LogP contribution in [0.3, 0.4) is 0 Å². The number of hydrogen-bond acceptors (Lipinski definition) is 5. The summed E-state index contributed by atoms with van der Waals surface area (Å²) in [5.74, 6) is -0.440. The van der Waals surface area contributed by atoms with Crippen LogP contribution in [-0.4, -0.2) is 19.5 Å². The Bertz CT molecular complexity index is 720. The summed E-state index contributed by atoms with van der Waals surface area (Å²) in [6, 6.07) is 8.78. The minimum Gasteiger partial charge on any atom is -0.360 e. The van der Waals surface area contributed by atoms with Gasteiger partial charge < -0.3 is 4.52 Å². The van der Waals surface area contributed by atoms with Gasteiger partial charge in [0.1, 0.15) is 5.69 Å². The van der Waals surface area contributed by atoms with Crippen LogP contribution in [0.2, 0.25) is 0 Å². The number of nitrogens with zero attached hydrogens (tertiary/aromatic N) is 1. The highest BCUT2D eigenvalue weighted by Crippen LogP contribution is 2.28. The van der Waals surface area contributed by atoms with Crippen molar-refractivity contribution in [1.82, 2.24) is 9.88 Å². The van der Waals surface area contributed by atoms with Crippen LogP contribution in [0.5, 0.6) is 0 Å². The Balaban J connectivity index is 2.53. The first-order chi connectivity index (χ1) is 9.45. The summed E-state index contributed by atoms with van der Waals surface area (Å²) < 4.78 is 31.5. The largest absolute Gasteiger partial charge is 0.360 e. The third-order valence-corrected chi connectivity index (χ3v) is 4.21. The average Bonchev–Trinajstić information content (AvgIpc) is 2.82. The molecule has 0 radical (unpaired) electrons. The van der Waals surface area contributed by atoms with Gasteiger partial charge in [0.25, 0.3) is 10.0 Å². The molecule has 20 heavy (non-hydrogen) atoms. The molecule has 1 aromatic carbocycles. The Kier molecular flexibility index (Phi) is 3.89. The van der Waals surface area contributed by atoms with Crippen molar-refractivity contribution in [1.29, 1.82) is 0 Å². The molecular formula is C13H14N2O4S. The van der Waals surface area contributed by atoms with E-state index in [-0.39, 0.29) is 22.8 Å². The molecule has 106 valence electrons. The van der Waals surface area contributed by atoms with E-state index in [0.29, 0.717) is 5.56 Å². The molecule has 0 bridgehead atoms. The number of carbonyl (C=O) groups is 1. The van der Waals surface area contributed by atoms with Crippen LogP contribution >= 0.6 is 0 Å². The molecule has 0 fully saturated rings. The zero-order chi connectivity index (χ0) is 14.8. The minimum atomic E-state index is -3.99. The molecule has 2 rings (SSSR count). The maximum absolute atomic E-state index is 12.2. The molecule has 1 N–H and O–H groups in total. The smallest absolute Gasteiger partial charge is 0.269 e. The quantitative estimate of drug-likeness (QED) is 0.929. The molecule has 1 aromatic heterocycles. The molecule has 1 amide bonds. The molecule has 7 heteroatoms. The van der Waals surface area contributed by atoms with Gasteiger partial charge in [-0.2, -0.15) is 0 Å². The van der Waals surface area contributed by atoms with E-state index >= 15 is 0 Å². The normalized spacial score (nSPS) is 11.3. The Hall–Kier alpha value is -2.15. The topological polar surface area (TPSA) is 89.3 Å². The predicted octanol–water partition coefficient (Wildman–Crippen LogP) is 1.86. The van der Waals surface area contributed by atoms with Gasteiger partial charge in [0, 0.05) is 12.0 Å². The fourth-order valence-electron chi connectivity index (χ4n) is 1.73. The van der Waals surface area contributed by atoms with Crippen LogP contribution in [0.15, 0.2) is 39.8 Å². The molecule has 0 aliphatic rings. The predicted molar refractivity (Wildman–Crippen MR) is 72.3 cm³/mol. The molecule has 0 spiro atoms. The van der Waals surface area contributed by atoms with E-state index in [9.17, 15) is 13.2 Å². The van der Waals surface area contributed by atoms with Crippen LogP contribution in [0.25, 0.3) is 11.3 Å². The first-order valence-electron chi connectivity index (χ1n) is 6.03. The van der Waals surface area contributed by atoms with E-state index in [1.54, 1.807) is 31.2 Å². The summed E-state index contributed by atoms with van der Waals surface area (Å²) in [5.41, 5.74) is 0.799. The summed E-state index contributed by atoms with van der Waals surface area (Å²) in [6.07, 6.45) is 0.0736. The molecule has 0 saturated carbocycles. The summed E-state index contributed by atoms with van der Waals surface area (Å²) >= 11 is 0. The van der Waals surface area contributed by atoms with Crippen molar-refractivity contribution in [2.45, 2.75) is 25.2 Å². The fourth-order valence-corrected chi connectivity index (χ4v) is 3.10. The molecule has 0 saturated heterocycles. The second-order valence-electron chi connectivity index (χ2n) is 4.16. The van der Waals surface area contributed by atoms with Crippen LogP contribution in [-0.2, 0) is 14.8 Å². The van der Waals surface area contributed by atoms with Crippen molar-refractivity contribution >= 4 is 15.9 Å². The monoisotopic (exact) mass is 294 g/mol. The Morgan fingerprint density at radius 3 is 2.55 bits per heavy atom. The van der Waals surface area contributed by atoms with Crippen molar-refractivity contribution in [2.24, 2.45) is 0 Å². The molecule has 1 heterocycles. The van der Waals surface area contributed by atoms with E-state index in [4.69, 9.17) is 4.52 Å². The second-order valence-corrected chi connectivity index (χ2v) is 5.78. The minimum absolute atomic E-state index is 0.0736. The van der Waals surface area contributed by atoms with Crippen molar-refractivity contribution in [2.75, 3.05) is 0 Å². The maximum atomic E-state index is 12.2. The van der Waals surface area contributed by atoms with Gasteiger partial charge >= 0.3 is 0 Å². The van der Waals surface area contributed by atoms with E-state index in [1.165, 1.54) is 6.92 Å². The highest BCUT2D eigenvalue weighted by atomic mass is 32.2. The first-order valence-corrected chi connectivity index (χ1v) is 7.51. The highest BCUT2D eigenvalue weighted by molar-refractivity contribution is 7.90. The molecular weight excluding hydrogens is 280 g/mol. The molecule has 2 aromatic rings. The number of amides is 1. The molecule has 0 aliphatic heterocycles. The SMILES string of the molecule is CCC(=O)NS(=O)(=O)c1c(-c2ccccc2)noc1C. The van der Waals surface area contributed by atoms with Gasteiger partial charge in [-0.3, -0.25) is 4.79 Å². The summed E-state index contributed by atoms with van der Waals surface area (Å²) in [4.78, 5) is 11.2. The standard InChI is InChI=1S/C13H14N2O4S/c1-3-11(16)15-20(17,18)13-9(2)19-14-12(13)10-7-5-4-6-8-10/h4-8H,3H2,1-2H3,(H,15,16). The first kappa shape index (κ1) is 14.3. The summed E-state index contributed by atoms with van der Waals surface area (Å²) in [5, 5.41) is 3.78. The Morgan fingerprint density at radius 2 is 1.95 bits per heavy atom. The third kappa shape index (κ3) is 2.72. The summed E-state index contributed by atoms with van der Waals surface area (Å²) in [7, 11) is -3.99. The van der Waals surface area contributed by atoms with E-state index in [1.807, 2.05) is 10.8 Å². The zero-order valence-corrected chi connectivity index (χ0v) is 11.9. The maximum Gasteiger partial charge on any atom is 0.269 e. The van der Waals surface area contributed by atoms with Crippen molar-refractivity contribution in [3.05, 3.63) is 36.1 Å². The number of aromatic nitrogens is 1. The number of hydrogen-bond donors (Lipinski definition) is 1.